The fourth-order valence-corrected chi connectivity index (χ4v) is 4.10. The number of nitrogens with zero attached hydrogens (tertiary/aromatic N) is 2. The number of guanidine groups is 1. The number of H-pyrrole nitrogens is 1. The first-order valence-electron chi connectivity index (χ1n) is 10.9. The van der Waals surface area contributed by atoms with Crippen molar-refractivity contribution in [3.8, 4) is 0 Å². The number of rotatable bonds is 7. The summed E-state index contributed by atoms with van der Waals surface area (Å²) in [4.78, 5) is 10.9. The number of benzene rings is 1. The highest BCUT2D eigenvalue weighted by Gasteiger charge is 2.21. The second-order valence-electron chi connectivity index (χ2n) is 8.36. The molecule has 0 bridgehead atoms. The van der Waals surface area contributed by atoms with Gasteiger partial charge in [-0.2, -0.15) is 0 Å². The molecule has 28 heavy (non-hydrogen) atoms. The van der Waals surface area contributed by atoms with Gasteiger partial charge in [-0.1, -0.05) is 12.1 Å². The lowest BCUT2D eigenvalue weighted by Crippen LogP contribution is -2.42. The van der Waals surface area contributed by atoms with Gasteiger partial charge in [-0.15, -0.1) is 0 Å². The normalized spacial score (nSPS) is 18.8. The molecule has 0 saturated carbocycles. The molecule has 1 atom stereocenters. The summed E-state index contributed by atoms with van der Waals surface area (Å²) in [5, 5.41) is 8.24. The molecule has 3 N–H and O–H groups in total. The Morgan fingerprint density at radius 2 is 2.18 bits per heavy atom. The van der Waals surface area contributed by atoms with Gasteiger partial charge in [-0.3, -0.25) is 4.99 Å². The van der Waals surface area contributed by atoms with Crippen LogP contribution in [-0.2, 0) is 6.42 Å². The minimum absolute atomic E-state index is 0.637. The van der Waals surface area contributed by atoms with E-state index in [0.29, 0.717) is 12.0 Å². The van der Waals surface area contributed by atoms with Gasteiger partial charge in [0, 0.05) is 49.3 Å². The summed E-state index contributed by atoms with van der Waals surface area (Å²) in [7, 11) is 0. The number of hydrogen-bond acceptors (Lipinski definition) is 2. The number of piperidine rings is 1. The van der Waals surface area contributed by atoms with Gasteiger partial charge in [-0.05, 0) is 76.6 Å². The predicted molar refractivity (Wildman–Crippen MR) is 120 cm³/mol. The van der Waals surface area contributed by atoms with E-state index < -0.39 is 0 Å². The largest absolute Gasteiger partial charge is 0.361 e. The van der Waals surface area contributed by atoms with E-state index in [1.54, 1.807) is 0 Å². The molecule has 2 heterocycles. The van der Waals surface area contributed by atoms with Crippen LogP contribution in [0.25, 0.3) is 10.9 Å². The van der Waals surface area contributed by atoms with Crippen LogP contribution in [0, 0.1) is 12.8 Å². The first-order valence-corrected chi connectivity index (χ1v) is 10.9. The zero-order chi connectivity index (χ0) is 19.9. The quantitative estimate of drug-likeness (QED) is 0.505. The highest BCUT2D eigenvalue weighted by Crippen LogP contribution is 2.20. The molecule has 0 radical (unpaired) electrons. The molecule has 0 aliphatic carbocycles. The van der Waals surface area contributed by atoms with Crippen molar-refractivity contribution in [2.45, 2.75) is 53.0 Å². The Labute approximate surface area is 170 Å². The van der Waals surface area contributed by atoms with Crippen LogP contribution < -0.4 is 10.6 Å². The molecule has 1 unspecified atom stereocenters. The standard InChI is InChI=1S/C23H37N5/c1-5-24-23(27-14-19-7-6-12-28(16-19)17(2)3)25-11-10-20-15-26-22-13-18(4)8-9-21(20)22/h8-9,13,15,17,19,26H,5-7,10-12,14,16H2,1-4H3,(H2,24,25,27). The van der Waals surface area contributed by atoms with Crippen LogP contribution in [0.5, 0.6) is 0 Å². The summed E-state index contributed by atoms with van der Waals surface area (Å²) in [6.45, 7) is 13.9. The average Bonchev–Trinajstić information content (AvgIpc) is 3.08. The first-order chi connectivity index (χ1) is 13.6. The van der Waals surface area contributed by atoms with E-state index >= 15 is 0 Å². The van der Waals surface area contributed by atoms with Crippen LogP contribution in [0.1, 0.15) is 44.7 Å². The fourth-order valence-electron chi connectivity index (χ4n) is 4.10. The Morgan fingerprint density at radius 3 is 2.96 bits per heavy atom. The maximum absolute atomic E-state index is 4.88. The summed E-state index contributed by atoms with van der Waals surface area (Å²) < 4.78 is 0. The zero-order valence-corrected chi connectivity index (χ0v) is 18.0. The van der Waals surface area contributed by atoms with Gasteiger partial charge < -0.3 is 20.5 Å². The van der Waals surface area contributed by atoms with Crippen LogP contribution in [0.2, 0.25) is 0 Å². The maximum atomic E-state index is 4.88. The minimum atomic E-state index is 0.637. The molecule has 1 aliphatic rings. The van der Waals surface area contributed by atoms with E-state index in [-0.39, 0.29) is 0 Å². The van der Waals surface area contributed by atoms with Crippen molar-refractivity contribution < 1.29 is 0 Å². The number of nitrogens with one attached hydrogen (secondary N) is 3. The molecule has 1 saturated heterocycles. The van der Waals surface area contributed by atoms with Gasteiger partial charge >= 0.3 is 0 Å². The van der Waals surface area contributed by atoms with Gasteiger partial charge in [0.1, 0.15) is 0 Å². The average molecular weight is 384 g/mol. The van der Waals surface area contributed by atoms with E-state index in [0.717, 1.165) is 32.0 Å². The van der Waals surface area contributed by atoms with E-state index in [2.05, 4.69) is 72.6 Å². The number of aliphatic imine (C=N–C) groups is 1. The molecular formula is C23H37N5. The fraction of sp³-hybridized carbons (Fsp3) is 0.609. The topological polar surface area (TPSA) is 55.5 Å². The van der Waals surface area contributed by atoms with Crippen molar-refractivity contribution in [3.63, 3.8) is 0 Å². The van der Waals surface area contributed by atoms with Crippen molar-refractivity contribution in [1.29, 1.82) is 0 Å². The maximum Gasteiger partial charge on any atom is 0.191 e. The number of aromatic amines is 1. The van der Waals surface area contributed by atoms with Crippen molar-refractivity contribution in [3.05, 3.63) is 35.5 Å². The van der Waals surface area contributed by atoms with Gasteiger partial charge in [-0.25, -0.2) is 0 Å². The second kappa shape index (κ2) is 9.97. The first kappa shape index (κ1) is 20.7. The lowest BCUT2D eigenvalue weighted by molar-refractivity contribution is 0.143. The third kappa shape index (κ3) is 5.51. The van der Waals surface area contributed by atoms with Gasteiger partial charge in [0.05, 0.1) is 0 Å². The van der Waals surface area contributed by atoms with Crippen molar-refractivity contribution in [2.75, 3.05) is 32.7 Å². The lowest BCUT2D eigenvalue weighted by Gasteiger charge is -2.34. The monoisotopic (exact) mass is 383 g/mol. The number of fused-ring (bicyclic) bond motifs is 1. The molecule has 1 aromatic heterocycles. The van der Waals surface area contributed by atoms with Crippen molar-refractivity contribution in [2.24, 2.45) is 10.9 Å². The molecule has 154 valence electrons. The third-order valence-electron chi connectivity index (χ3n) is 5.74. The summed E-state index contributed by atoms with van der Waals surface area (Å²) in [5.41, 5.74) is 3.88. The number of aromatic nitrogens is 1. The van der Waals surface area contributed by atoms with Crippen LogP contribution in [0.3, 0.4) is 0 Å². The van der Waals surface area contributed by atoms with Crippen LogP contribution in [-0.4, -0.2) is 54.6 Å². The molecule has 1 aromatic carbocycles. The molecule has 3 rings (SSSR count). The number of hydrogen-bond donors (Lipinski definition) is 3. The SMILES string of the molecule is CCNC(=NCC1CCCN(C(C)C)C1)NCCc1c[nH]c2cc(C)ccc12. The number of likely N-dealkylation sites (tertiary alicyclic amines) is 1. The lowest BCUT2D eigenvalue weighted by atomic mass is 9.97. The van der Waals surface area contributed by atoms with Crippen molar-refractivity contribution in [1.82, 2.24) is 20.5 Å². The Bertz CT molecular complexity index is 776. The molecule has 1 aliphatic heterocycles. The summed E-state index contributed by atoms with van der Waals surface area (Å²) in [6.07, 6.45) is 5.71. The predicted octanol–water partition coefficient (Wildman–Crippen LogP) is 3.69. The molecular weight excluding hydrogens is 346 g/mol. The molecule has 5 heteroatoms. The molecule has 2 aromatic rings. The summed E-state index contributed by atoms with van der Waals surface area (Å²) in [6, 6.07) is 7.25. The van der Waals surface area contributed by atoms with Crippen molar-refractivity contribution >= 4 is 16.9 Å². The second-order valence-corrected chi connectivity index (χ2v) is 8.36. The highest BCUT2D eigenvalue weighted by atomic mass is 15.2. The Balaban J connectivity index is 1.53. The van der Waals surface area contributed by atoms with Gasteiger partial charge in [0.15, 0.2) is 5.96 Å². The van der Waals surface area contributed by atoms with Gasteiger partial charge in [0.2, 0.25) is 0 Å². The number of aryl methyl sites for hydroxylation is 1. The molecule has 0 spiro atoms. The van der Waals surface area contributed by atoms with Crippen LogP contribution >= 0.6 is 0 Å². The van der Waals surface area contributed by atoms with E-state index in [4.69, 9.17) is 4.99 Å². The molecule has 5 nitrogen and oxygen atoms in total. The van der Waals surface area contributed by atoms with E-state index in [9.17, 15) is 0 Å². The smallest absolute Gasteiger partial charge is 0.191 e. The zero-order valence-electron chi connectivity index (χ0n) is 18.0. The minimum Gasteiger partial charge on any atom is -0.361 e. The molecule has 1 fully saturated rings. The van der Waals surface area contributed by atoms with Gasteiger partial charge in [0.25, 0.3) is 0 Å². The third-order valence-corrected chi connectivity index (χ3v) is 5.74. The van der Waals surface area contributed by atoms with E-state index in [1.807, 2.05) is 0 Å². The Hall–Kier alpha value is -2.01. The Morgan fingerprint density at radius 1 is 1.32 bits per heavy atom. The molecule has 0 amide bonds. The Kier molecular flexibility index (Phi) is 7.37. The van der Waals surface area contributed by atoms with E-state index in [1.165, 1.54) is 48.0 Å². The van der Waals surface area contributed by atoms with Crippen LogP contribution in [0.15, 0.2) is 29.4 Å². The van der Waals surface area contributed by atoms with Crippen LogP contribution in [0.4, 0.5) is 0 Å². The summed E-state index contributed by atoms with van der Waals surface area (Å²) >= 11 is 0. The highest BCUT2D eigenvalue weighted by molar-refractivity contribution is 5.84. The summed E-state index contributed by atoms with van der Waals surface area (Å²) in [5.74, 6) is 1.61.